The summed E-state index contributed by atoms with van der Waals surface area (Å²) >= 11 is 5.70. The highest BCUT2D eigenvalue weighted by Crippen LogP contribution is 2.37. The van der Waals surface area contributed by atoms with Crippen LogP contribution in [-0.4, -0.2) is 46.0 Å². The van der Waals surface area contributed by atoms with Gasteiger partial charge in [0.2, 0.25) is 17.7 Å². The van der Waals surface area contributed by atoms with Gasteiger partial charge in [-0.1, -0.05) is 30.9 Å². The van der Waals surface area contributed by atoms with E-state index in [0.717, 1.165) is 61.3 Å². The fourth-order valence-corrected chi connectivity index (χ4v) is 5.15. The second kappa shape index (κ2) is 13.2. The standard InChI is InChI=1S/C25H26ClF4N3O4S/c26-21-11-10-19(12-20(21)25(28,29)30)33(13-22(34)31-17-4-2-1-3-5-17)24(36)15-38(37)14-23(35)32-18-8-6-16(27)7-9-18/h6-12,17H,1-5,13-15H2,(H,31,34)(H,32,35)/t38-/m0/s1. The van der Waals surface area contributed by atoms with Crippen LogP contribution in [0.1, 0.15) is 37.7 Å². The molecule has 1 aliphatic carbocycles. The number of hydrogen-bond acceptors (Lipinski definition) is 4. The van der Waals surface area contributed by atoms with Crippen molar-refractivity contribution in [3.8, 4) is 0 Å². The van der Waals surface area contributed by atoms with Crippen LogP contribution in [0.25, 0.3) is 0 Å². The number of amides is 3. The molecule has 13 heteroatoms. The lowest BCUT2D eigenvalue weighted by Crippen LogP contribution is -2.46. The maximum absolute atomic E-state index is 13.4. The van der Waals surface area contributed by atoms with Crippen LogP contribution in [0.15, 0.2) is 42.5 Å². The molecule has 38 heavy (non-hydrogen) atoms. The van der Waals surface area contributed by atoms with E-state index >= 15 is 0 Å². The molecule has 1 saturated carbocycles. The Morgan fingerprint density at radius 1 is 0.974 bits per heavy atom. The summed E-state index contributed by atoms with van der Waals surface area (Å²) in [5.74, 6) is -4.03. The van der Waals surface area contributed by atoms with Crippen LogP contribution in [0.4, 0.5) is 28.9 Å². The van der Waals surface area contributed by atoms with Crippen LogP contribution in [0.2, 0.25) is 5.02 Å². The minimum atomic E-state index is -4.81. The molecule has 1 atom stereocenters. The van der Waals surface area contributed by atoms with Gasteiger partial charge < -0.3 is 15.5 Å². The molecule has 2 N–H and O–H groups in total. The van der Waals surface area contributed by atoms with Gasteiger partial charge in [0.1, 0.15) is 23.9 Å². The normalized spacial score (nSPS) is 15.0. The summed E-state index contributed by atoms with van der Waals surface area (Å²) < 4.78 is 65.9. The summed E-state index contributed by atoms with van der Waals surface area (Å²) in [6.07, 6.45) is -0.397. The topological polar surface area (TPSA) is 95.6 Å². The minimum Gasteiger partial charge on any atom is -0.352 e. The first-order valence-electron chi connectivity index (χ1n) is 11.8. The molecule has 2 aromatic rings. The maximum Gasteiger partial charge on any atom is 0.417 e. The van der Waals surface area contributed by atoms with Crippen molar-refractivity contribution < 1.29 is 36.2 Å². The van der Waals surface area contributed by atoms with Crippen molar-refractivity contribution in [1.82, 2.24) is 5.32 Å². The molecule has 0 unspecified atom stereocenters. The van der Waals surface area contributed by atoms with Crippen molar-refractivity contribution in [2.45, 2.75) is 44.3 Å². The van der Waals surface area contributed by atoms with Gasteiger partial charge >= 0.3 is 6.18 Å². The van der Waals surface area contributed by atoms with E-state index in [9.17, 15) is 36.2 Å². The van der Waals surface area contributed by atoms with E-state index in [2.05, 4.69) is 10.6 Å². The third-order valence-corrected chi connectivity index (χ3v) is 7.33. The first-order chi connectivity index (χ1) is 17.9. The fourth-order valence-electron chi connectivity index (χ4n) is 4.03. The number of carbonyl (C=O) groups excluding carboxylic acids is 3. The van der Waals surface area contributed by atoms with Crippen LogP contribution in [0.3, 0.4) is 0 Å². The van der Waals surface area contributed by atoms with Gasteiger partial charge in [-0.3, -0.25) is 18.6 Å². The van der Waals surface area contributed by atoms with Gasteiger partial charge in [0.05, 0.1) is 10.6 Å². The number of carbonyl (C=O) groups is 3. The van der Waals surface area contributed by atoms with Crippen LogP contribution in [0.5, 0.6) is 0 Å². The second-order valence-electron chi connectivity index (χ2n) is 8.83. The SMILES string of the molecule is O=C(C[S@](=O)CC(=O)N(CC(=O)NC1CCCCC1)c1ccc(Cl)c(C(F)(F)F)c1)Nc1ccc(F)cc1. The number of nitrogens with zero attached hydrogens (tertiary/aromatic N) is 1. The van der Waals surface area contributed by atoms with E-state index in [-0.39, 0.29) is 17.4 Å². The number of halogens is 5. The molecule has 206 valence electrons. The van der Waals surface area contributed by atoms with Gasteiger partial charge in [0.15, 0.2) is 0 Å². The van der Waals surface area contributed by atoms with Gasteiger partial charge in [-0.25, -0.2) is 4.39 Å². The van der Waals surface area contributed by atoms with Crippen LogP contribution >= 0.6 is 11.6 Å². The minimum absolute atomic E-state index is 0.103. The molecule has 0 aliphatic heterocycles. The van der Waals surface area contributed by atoms with Crippen LogP contribution in [0, 0.1) is 5.82 Å². The smallest absolute Gasteiger partial charge is 0.352 e. The van der Waals surface area contributed by atoms with Gasteiger partial charge in [0, 0.05) is 28.2 Å². The zero-order valence-corrected chi connectivity index (χ0v) is 21.7. The number of alkyl halides is 3. The lowest BCUT2D eigenvalue weighted by Gasteiger charge is -2.27. The van der Waals surface area contributed by atoms with E-state index < -0.39 is 69.2 Å². The van der Waals surface area contributed by atoms with Crippen LogP contribution in [-0.2, 0) is 31.4 Å². The lowest BCUT2D eigenvalue weighted by atomic mass is 9.95. The molecule has 0 aromatic heterocycles. The summed E-state index contributed by atoms with van der Waals surface area (Å²) in [4.78, 5) is 38.8. The van der Waals surface area contributed by atoms with Crippen molar-refractivity contribution in [3.05, 3.63) is 58.9 Å². The molecule has 0 bridgehead atoms. The molecule has 1 aliphatic rings. The van der Waals surface area contributed by atoms with Crippen molar-refractivity contribution in [2.24, 2.45) is 0 Å². The Balaban J connectivity index is 1.73. The van der Waals surface area contributed by atoms with Crippen molar-refractivity contribution in [1.29, 1.82) is 0 Å². The van der Waals surface area contributed by atoms with Crippen molar-refractivity contribution in [3.63, 3.8) is 0 Å². The van der Waals surface area contributed by atoms with E-state index in [4.69, 9.17) is 11.6 Å². The predicted molar refractivity (Wildman–Crippen MR) is 137 cm³/mol. The molecule has 0 heterocycles. The molecule has 2 aromatic carbocycles. The summed E-state index contributed by atoms with van der Waals surface area (Å²) in [7, 11) is -2.06. The highest BCUT2D eigenvalue weighted by molar-refractivity contribution is 7.86. The molecular formula is C25H26ClF4N3O4S. The Morgan fingerprint density at radius 3 is 2.26 bits per heavy atom. The number of anilines is 2. The summed E-state index contributed by atoms with van der Waals surface area (Å²) in [5, 5.41) is 4.63. The van der Waals surface area contributed by atoms with E-state index in [1.807, 2.05) is 0 Å². The molecule has 3 amide bonds. The second-order valence-corrected chi connectivity index (χ2v) is 10.7. The van der Waals surface area contributed by atoms with Gasteiger partial charge in [0.25, 0.3) is 0 Å². The van der Waals surface area contributed by atoms with E-state index in [1.165, 1.54) is 12.1 Å². The third kappa shape index (κ3) is 8.80. The van der Waals surface area contributed by atoms with Crippen molar-refractivity contribution >= 4 is 51.5 Å². The van der Waals surface area contributed by atoms with Gasteiger partial charge in [-0.05, 0) is 55.3 Å². The molecule has 0 saturated heterocycles. The number of rotatable bonds is 9. The van der Waals surface area contributed by atoms with Gasteiger partial charge in [-0.15, -0.1) is 0 Å². The molecule has 3 rings (SSSR count). The predicted octanol–water partition coefficient (Wildman–Crippen LogP) is 4.67. The Bertz CT molecular complexity index is 1190. The number of nitrogens with one attached hydrogen (secondary N) is 2. The zero-order valence-electron chi connectivity index (χ0n) is 20.2. The molecular weight excluding hydrogens is 550 g/mol. The Hall–Kier alpha value is -2.99. The Morgan fingerprint density at radius 2 is 1.63 bits per heavy atom. The highest BCUT2D eigenvalue weighted by Gasteiger charge is 2.34. The lowest BCUT2D eigenvalue weighted by molar-refractivity contribution is -0.137. The molecule has 1 fully saturated rings. The quantitative estimate of drug-likeness (QED) is 0.425. The Kier molecular flexibility index (Phi) is 10.3. The average molecular weight is 576 g/mol. The van der Waals surface area contributed by atoms with Crippen LogP contribution < -0.4 is 15.5 Å². The van der Waals surface area contributed by atoms with Gasteiger partial charge in [-0.2, -0.15) is 13.2 Å². The van der Waals surface area contributed by atoms with E-state index in [0.29, 0.717) is 6.07 Å². The largest absolute Gasteiger partial charge is 0.417 e. The maximum atomic E-state index is 13.4. The first-order valence-corrected chi connectivity index (χ1v) is 13.7. The summed E-state index contributed by atoms with van der Waals surface area (Å²) in [6.45, 7) is -0.604. The van der Waals surface area contributed by atoms with Crippen molar-refractivity contribution in [2.75, 3.05) is 28.3 Å². The molecule has 0 spiro atoms. The zero-order chi connectivity index (χ0) is 27.9. The molecule has 0 radical (unpaired) electrons. The monoisotopic (exact) mass is 575 g/mol. The third-order valence-electron chi connectivity index (χ3n) is 5.84. The number of benzene rings is 2. The molecule has 7 nitrogen and oxygen atoms in total. The summed E-state index contributed by atoms with van der Waals surface area (Å²) in [6, 6.07) is 7.51. The van der Waals surface area contributed by atoms with E-state index in [1.54, 1.807) is 0 Å². The number of hydrogen-bond donors (Lipinski definition) is 2. The average Bonchev–Trinajstić information content (AvgIpc) is 2.84. The fraction of sp³-hybridized carbons (Fsp3) is 0.400. The first kappa shape index (κ1) is 29.6. The summed E-state index contributed by atoms with van der Waals surface area (Å²) in [5.41, 5.74) is -1.19. The Labute approximate surface area is 224 Å². The highest BCUT2D eigenvalue weighted by atomic mass is 35.5.